The Kier molecular flexibility index (Phi) is 7.26. The highest BCUT2D eigenvalue weighted by atomic mass is 16.5. The van der Waals surface area contributed by atoms with Crippen molar-refractivity contribution in [1.82, 2.24) is 15.5 Å². The minimum Gasteiger partial charge on any atom is -0.493 e. The van der Waals surface area contributed by atoms with Crippen LogP contribution in [0.3, 0.4) is 0 Å². The molecule has 1 fully saturated rings. The van der Waals surface area contributed by atoms with Crippen LogP contribution in [0.4, 0.5) is 0 Å². The van der Waals surface area contributed by atoms with Crippen molar-refractivity contribution in [3.63, 3.8) is 0 Å². The second kappa shape index (κ2) is 9.43. The van der Waals surface area contributed by atoms with Crippen molar-refractivity contribution in [3.05, 3.63) is 23.8 Å². The molecule has 1 aliphatic rings. The molecule has 1 aromatic carbocycles. The summed E-state index contributed by atoms with van der Waals surface area (Å²) in [5.41, 5.74) is 0.873. The summed E-state index contributed by atoms with van der Waals surface area (Å²) in [6, 6.07) is 5.98. The van der Waals surface area contributed by atoms with Crippen LogP contribution in [0.2, 0.25) is 0 Å². The minimum atomic E-state index is -0.0274. The Morgan fingerprint density at radius 3 is 2.46 bits per heavy atom. The van der Waals surface area contributed by atoms with E-state index in [2.05, 4.69) is 15.5 Å². The summed E-state index contributed by atoms with van der Waals surface area (Å²) in [6.07, 6.45) is 2.75. The minimum absolute atomic E-state index is 0.0274. The first kappa shape index (κ1) is 20.0. The SMILES string of the molecule is CNC(=O)C[C@H]1CC[C@@H](CNC(=O)Cc2ccc(OC)c(OC)c2)N1C. The van der Waals surface area contributed by atoms with Crippen LogP contribution in [0.25, 0.3) is 0 Å². The van der Waals surface area contributed by atoms with Gasteiger partial charge in [-0.2, -0.15) is 0 Å². The van der Waals surface area contributed by atoms with Crippen molar-refractivity contribution < 1.29 is 19.1 Å². The zero-order valence-corrected chi connectivity index (χ0v) is 16.0. The Bertz CT molecular complexity index is 635. The number of hydrogen-bond donors (Lipinski definition) is 2. The van der Waals surface area contributed by atoms with Crippen molar-refractivity contribution in [3.8, 4) is 11.5 Å². The Hall–Kier alpha value is -2.28. The molecule has 144 valence electrons. The van der Waals surface area contributed by atoms with Crippen molar-refractivity contribution in [2.75, 3.05) is 34.9 Å². The normalized spacial score (nSPS) is 19.8. The van der Waals surface area contributed by atoms with Crippen LogP contribution in [0.5, 0.6) is 11.5 Å². The fraction of sp³-hybridized carbons (Fsp3) is 0.579. The zero-order valence-electron chi connectivity index (χ0n) is 16.0. The van der Waals surface area contributed by atoms with E-state index in [0.717, 1.165) is 18.4 Å². The second-order valence-electron chi connectivity index (χ2n) is 6.60. The topological polar surface area (TPSA) is 79.9 Å². The van der Waals surface area contributed by atoms with Crippen molar-refractivity contribution in [1.29, 1.82) is 0 Å². The molecule has 0 unspecified atom stereocenters. The summed E-state index contributed by atoms with van der Waals surface area (Å²) < 4.78 is 10.5. The first-order valence-electron chi connectivity index (χ1n) is 8.88. The molecule has 2 rings (SSSR count). The van der Waals surface area contributed by atoms with Crippen LogP contribution in [0, 0.1) is 0 Å². The Balaban J connectivity index is 1.83. The van der Waals surface area contributed by atoms with Crippen LogP contribution in [0.15, 0.2) is 18.2 Å². The first-order chi connectivity index (χ1) is 12.5. The predicted molar refractivity (Wildman–Crippen MR) is 99.5 cm³/mol. The molecule has 0 saturated carbocycles. The third-order valence-corrected chi connectivity index (χ3v) is 5.03. The predicted octanol–water partition coefficient (Wildman–Crippen LogP) is 0.961. The highest BCUT2D eigenvalue weighted by Gasteiger charge is 2.31. The molecule has 26 heavy (non-hydrogen) atoms. The fourth-order valence-electron chi connectivity index (χ4n) is 3.37. The molecule has 1 aromatic rings. The Labute approximate surface area is 155 Å². The molecule has 1 saturated heterocycles. The summed E-state index contributed by atoms with van der Waals surface area (Å²) in [7, 11) is 6.83. The fourth-order valence-corrected chi connectivity index (χ4v) is 3.37. The quantitative estimate of drug-likeness (QED) is 0.719. The summed E-state index contributed by atoms with van der Waals surface area (Å²) >= 11 is 0. The highest BCUT2D eigenvalue weighted by molar-refractivity contribution is 5.79. The number of benzene rings is 1. The molecule has 2 atom stereocenters. The lowest BCUT2D eigenvalue weighted by molar-refractivity contribution is -0.122. The lowest BCUT2D eigenvalue weighted by atomic mass is 10.1. The monoisotopic (exact) mass is 363 g/mol. The van der Waals surface area contributed by atoms with Crippen LogP contribution in [-0.4, -0.2) is 63.7 Å². The van der Waals surface area contributed by atoms with Gasteiger partial charge in [0.15, 0.2) is 11.5 Å². The average molecular weight is 363 g/mol. The maximum atomic E-state index is 12.3. The van der Waals surface area contributed by atoms with E-state index < -0.39 is 0 Å². The molecule has 7 nitrogen and oxygen atoms in total. The van der Waals surface area contributed by atoms with E-state index in [-0.39, 0.29) is 23.9 Å². The van der Waals surface area contributed by atoms with E-state index in [1.807, 2.05) is 19.2 Å². The number of ether oxygens (including phenoxy) is 2. The lowest BCUT2D eigenvalue weighted by Gasteiger charge is -2.25. The van der Waals surface area contributed by atoms with E-state index in [1.165, 1.54) is 0 Å². The van der Waals surface area contributed by atoms with Crippen molar-refractivity contribution in [2.45, 2.75) is 37.8 Å². The number of amides is 2. The van der Waals surface area contributed by atoms with Crippen LogP contribution in [-0.2, 0) is 16.0 Å². The van der Waals surface area contributed by atoms with Gasteiger partial charge in [0.2, 0.25) is 11.8 Å². The number of nitrogens with one attached hydrogen (secondary N) is 2. The molecule has 2 amide bonds. The molecule has 1 heterocycles. The van der Waals surface area contributed by atoms with E-state index in [1.54, 1.807) is 27.3 Å². The van der Waals surface area contributed by atoms with Gasteiger partial charge in [-0.05, 0) is 37.6 Å². The summed E-state index contributed by atoms with van der Waals surface area (Å²) in [6.45, 7) is 0.590. The third-order valence-electron chi connectivity index (χ3n) is 5.03. The maximum absolute atomic E-state index is 12.3. The van der Waals surface area contributed by atoms with Gasteiger partial charge in [-0.1, -0.05) is 6.07 Å². The molecule has 7 heteroatoms. The summed E-state index contributed by atoms with van der Waals surface area (Å²) in [5, 5.41) is 5.67. The molecule has 0 aromatic heterocycles. The Morgan fingerprint density at radius 1 is 1.12 bits per heavy atom. The standard InChI is InChI=1S/C19H29N3O4/c1-20-18(23)11-14-6-7-15(22(14)2)12-21-19(24)10-13-5-8-16(25-3)17(9-13)26-4/h5,8-9,14-15H,6-7,10-12H2,1-4H3,(H,20,23)(H,21,24)/t14-,15+/m1/s1. The molecule has 0 radical (unpaired) electrons. The van der Waals surface area contributed by atoms with Crippen LogP contribution < -0.4 is 20.1 Å². The number of hydrogen-bond acceptors (Lipinski definition) is 5. The van der Waals surface area contributed by atoms with Crippen LogP contribution >= 0.6 is 0 Å². The van der Waals surface area contributed by atoms with Gasteiger partial charge in [-0.25, -0.2) is 0 Å². The maximum Gasteiger partial charge on any atom is 0.224 e. The van der Waals surface area contributed by atoms with Crippen LogP contribution in [0.1, 0.15) is 24.8 Å². The van der Waals surface area contributed by atoms with Gasteiger partial charge in [-0.3, -0.25) is 14.5 Å². The lowest BCUT2D eigenvalue weighted by Crippen LogP contribution is -2.42. The van der Waals surface area contributed by atoms with Gasteiger partial charge in [-0.15, -0.1) is 0 Å². The van der Waals surface area contributed by atoms with E-state index in [4.69, 9.17) is 9.47 Å². The molecule has 0 aliphatic carbocycles. The van der Waals surface area contributed by atoms with E-state index >= 15 is 0 Å². The number of likely N-dealkylation sites (tertiary alicyclic amines) is 1. The summed E-state index contributed by atoms with van der Waals surface area (Å²) in [5.74, 6) is 1.29. The van der Waals surface area contributed by atoms with Gasteiger partial charge >= 0.3 is 0 Å². The molecule has 0 spiro atoms. The molecule has 0 bridgehead atoms. The van der Waals surface area contributed by atoms with Gasteiger partial charge < -0.3 is 20.1 Å². The molecular weight excluding hydrogens is 334 g/mol. The smallest absolute Gasteiger partial charge is 0.224 e. The van der Waals surface area contributed by atoms with Gasteiger partial charge in [0.05, 0.1) is 20.6 Å². The number of rotatable bonds is 8. The number of methoxy groups -OCH3 is 2. The largest absolute Gasteiger partial charge is 0.493 e. The van der Waals surface area contributed by atoms with Gasteiger partial charge in [0.25, 0.3) is 0 Å². The zero-order chi connectivity index (χ0) is 19.1. The average Bonchev–Trinajstić information content (AvgIpc) is 2.99. The van der Waals surface area contributed by atoms with Gasteiger partial charge in [0.1, 0.15) is 0 Å². The Morgan fingerprint density at radius 2 is 1.81 bits per heavy atom. The number of likely N-dealkylation sites (N-methyl/N-ethyl adjacent to an activating group) is 1. The number of carbonyl (C=O) groups is 2. The number of carbonyl (C=O) groups excluding carboxylic acids is 2. The highest BCUT2D eigenvalue weighted by Crippen LogP contribution is 2.28. The second-order valence-corrected chi connectivity index (χ2v) is 6.60. The van der Waals surface area contributed by atoms with E-state index in [9.17, 15) is 9.59 Å². The molecular formula is C19H29N3O4. The van der Waals surface area contributed by atoms with Gasteiger partial charge in [0, 0.05) is 32.1 Å². The molecule has 1 aliphatic heterocycles. The van der Waals surface area contributed by atoms with Crippen molar-refractivity contribution in [2.24, 2.45) is 0 Å². The summed E-state index contributed by atoms with van der Waals surface area (Å²) in [4.78, 5) is 26.0. The third kappa shape index (κ3) is 5.11. The van der Waals surface area contributed by atoms with Crippen molar-refractivity contribution >= 4 is 11.8 Å². The molecule has 2 N–H and O–H groups in total. The number of nitrogens with zero attached hydrogens (tertiary/aromatic N) is 1. The van der Waals surface area contributed by atoms with E-state index in [0.29, 0.717) is 30.9 Å². The first-order valence-corrected chi connectivity index (χ1v) is 8.88.